The number of fused-ring (bicyclic) bond motifs is 1. The molecule has 7 nitrogen and oxygen atoms in total. The lowest BCUT2D eigenvalue weighted by molar-refractivity contribution is 0.0572. The van der Waals surface area contributed by atoms with Gasteiger partial charge in [0.1, 0.15) is 0 Å². The monoisotopic (exact) mass is 247 g/mol. The number of nitrogens with zero attached hydrogens (tertiary/aromatic N) is 5. The maximum atomic E-state index is 12.2. The van der Waals surface area contributed by atoms with E-state index in [0.29, 0.717) is 30.7 Å². The molecule has 0 aromatic carbocycles. The Morgan fingerprint density at radius 1 is 1.50 bits per heavy atom. The standard InChI is InChI=1S/C11H13N5O2/c1-11(18)4-5-15(7-11)10(17)8-2-3-9-12-13-14-16(9)6-8/h2-3,6,18H,4-5,7H2,1H3. The SMILES string of the molecule is CC1(O)CCN(C(=O)c2ccc3nnnn3c2)C1. The van der Waals surface area contributed by atoms with Gasteiger partial charge in [-0.25, -0.2) is 0 Å². The van der Waals surface area contributed by atoms with E-state index < -0.39 is 5.60 Å². The average Bonchev–Trinajstić information content (AvgIpc) is 2.93. The van der Waals surface area contributed by atoms with Crippen LogP contribution in [0.25, 0.3) is 5.65 Å². The van der Waals surface area contributed by atoms with Gasteiger partial charge in [0.05, 0.1) is 11.2 Å². The summed E-state index contributed by atoms with van der Waals surface area (Å²) in [4.78, 5) is 13.9. The molecule has 1 fully saturated rings. The topological polar surface area (TPSA) is 83.6 Å². The molecule has 1 aliphatic rings. The molecule has 0 saturated carbocycles. The summed E-state index contributed by atoms with van der Waals surface area (Å²) in [7, 11) is 0. The second kappa shape index (κ2) is 3.74. The Hall–Kier alpha value is -2.02. The van der Waals surface area contributed by atoms with Crippen LogP contribution in [0.4, 0.5) is 0 Å². The normalized spacial score (nSPS) is 23.8. The third-order valence-corrected chi connectivity index (χ3v) is 3.18. The van der Waals surface area contributed by atoms with Crippen molar-refractivity contribution in [2.75, 3.05) is 13.1 Å². The lowest BCUT2D eigenvalue weighted by atomic mass is 10.1. The molecule has 18 heavy (non-hydrogen) atoms. The van der Waals surface area contributed by atoms with Crippen molar-refractivity contribution in [3.8, 4) is 0 Å². The van der Waals surface area contributed by atoms with Gasteiger partial charge in [0, 0.05) is 19.3 Å². The van der Waals surface area contributed by atoms with Gasteiger partial charge in [0.2, 0.25) is 0 Å². The van der Waals surface area contributed by atoms with Gasteiger partial charge in [-0.1, -0.05) is 0 Å². The largest absolute Gasteiger partial charge is 0.388 e. The average molecular weight is 247 g/mol. The Bertz CT molecular complexity index is 606. The predicted octanol–water partition coefficient (Wildman–Crippen LogP) is -0.279. The third kappa shape index (κ3) is 1.82. The number of pyridine rings is 1. The highest BCUT2D eigenvalue weighted by atomic mass is 16.3. The molecule has 0 spiro atoms. The number of β-amino-alcohol motifs (C(OH)–C–C–N with tert-alkyl or cyclic N) is 1. The summed E-state index contributed by atoms with van der Waals surface area (Å²) in [5.41, 5.74) is 0.335. The van der Waals surface area contributed by atoms with Gasteiger partial charge in [0.25, 0.3) is 5.91 Å². The number of carbonyl (C=O) groups excluding carboxylic acids is 1. The zero-order chi connectivity index (χ0) is 12.8. The molecule has 3 rings (SSSR count). The van der Waals surface area contributed by atoms with Crippen molar-refractivity contribution >= 4 is 11.6 Å². The summed E-state index contributed by atoms with van der Waals surface area (Å²) >= 11 is 0. The van der Waals surface area contributed by atoms with Crippen LogP contribution in [-0.2, 0) is 0 Å². The number of rotatable bonds is 1. The maximum Gasteiger partial charge on any atom is 0.255 e. The molecule has 1 amide bonds. The molecule has 1 atom stereocenters. The lowest BCUT2D eigenvalue weighted by Crippen LogP contribution is -2.34. The molecule has 1 aliphatic heterocycles. The molecule has 1 unspecified atom stereocenters. The molecule has 7 heteroatoms. The second-order valence-corrected chi connectivity index (χ2v) is 4.87. The summed E-state index contributed by atoms with van der Waals surface area (Å²) in [6.45, 7) is 2.67. The van der Waals surface area contributed by atoms with Crippen molar-refractivity contribution in [1.82, 2.24) is 24.9 Å². The smallest absolute Gasteiger partial charge is 0.255 e. The molecule has 1 saturated heterocycles. The highest BCUT2D eigenvalue weighted by molar-refractivity contribution is 5.94. The molecule has 94 valence electrons. The number of hydrogen-bond donors (Lipinski definition) is 1. The van der Waals surface area contributed by atoms with Gasteiger partial charge in [-0.05, 0) is 35.9 Å². The second-order valence-electron chi connectivity index (χ2n) is 4.87. The minimum Gasteiger partial charge on any atom is -0.388 e. The van der Waals surface area contributed by atoms with E-state index in [9.17, 15) is 9.90 Å². The fraction of sp³-hybridized carbons (Fsp3) is 0.455. The fourth-order valence-electron chi connectivity index (χ4n) is 2.17. The molecule has 2 aromatic rings. The van der Waals surface area contributed by atoms with Crippen LogP contribution in [0.2, 0.25) is 0 Å². The molecule has 0 bridgehead atoms. The quantitative estimate of drug-likeness (QED) is 0.749. The summed E-state index contributed by atoms with van der Waals surface area (Å²) in [5.74, 6) is -0.106. The summed E-state index contributed by atoms with van der Waals surface area (Å²) in [5, 5.41) is 20.9. The van der Waals surface area contributed by atoms with Gasteiger partial charge in [-0.3, -0.25) is 4.79 Å². The molecular formula is C11H13N5O2. The highest BCUT2D eigenvalue weighted by Crippen LogP contribution is 2.22. The van der Waals surface area contributed by atoms with Crippen LogP contribution < -0.4 is 0 Å². The molecule has 0 aliphatic carbocycles. The van der Waals surface area contributed by atoms with Gasteiger partial charge in [0.15, 0.2) is 5.65 Å². The van der Waals surface area contributed by atoms with E-state index in [4.69, 9.17) is 0 Å². The first-order valence-electron chi connectivity index (χ1n) is 5.75. The molecule has 3 heterocycles. The van der Waals surface area contributed by atoms with Crippen LogP contribution in [0.3, 0.4) is 0 Å². The Balaban J connectivity index is 1.88. The minimum atomic E-state index is -0.783. The number of carbonyl (C=O) groups is 1. The van der Waals surface area contributed by atoms with Gasteiger partial charge < -0.3 is 10.0 Å². The number of likely N-dealkylation sites (tertiary alicyclic amines) is 1. The van der Waals surface area contributed by atoms with Crippen molar-refractivity contribution in [3.05, 3.63) is 23.9 Å². The number of tetrazole rings is 1. The van der Waals surface area contributed by atoms with Crippen LogP contribution >= 0.6 is 0 Å². The molecule has 2 aromatic heterocycles. The predicted molar refractivity (Wildman–Crippen MR) is 61.9 cm³/mol. The Labute approximate surface area is 103 Å². The highest BCUT2D eigenvalue weighted by Gasteiger charge is 2.34. The van der Waals surface area contributed by atoms with Crippen LogP contribution in [0, 0.1) is 0 Å². The summed E-state index contributed by atoms with van der Waals surface area (Å²) < 4.78 is 1.46. The zero-order valence-corrected chi connectivity index (χ0v) is 9.94. The number of amides is 1. The van der Waals surface area contributed by atoms with Gasteiger partial charge >= 0.3 is 0 Å². The summed E-state index contributed by atoms with van der Waals surface area (Å²) in [6.07, 6.45) is 2.20. The van der Waals surface area contributed by atoms with Crippen molar-refractivity contribution in [2.24, 2.45) is 0 Å². The van der Waals surface area contributed by atoms with Crippen LogP contribution in [0.1, 0.15) is 23.7 Å². The van der Waals surface area contributed by atoms with Gasteiger partial charge in [-0.15, -0.1) is 5.10 Å². The Morgan fingerprint density at radius 2 is 2.33 bits per heavy atom. The first kappa shape index (κ1) is 11.1. The lowest BCUT2D eigenvalue weighted by Gasteiger charge is -2.18. The molecular weight excluding hydrogens is 234 g/mol. The van der Waals surface area contributed by atoms with E-state index in [2.05, 4.69) is 15.5 Å². The van der Waals surface area contributed by atoms with E-state index in [1.165, 1.54) is 4.52 Å². The van der Waals surface area contributed by atoms with Crippen molar-refractivity contribution < 1.29 is 9.90 Å². The number of aromatic nitrogens is 4. The van der Waals surface area contributed by atoms with Crippen molar-refractivity contribution in [2.45, 2.75) is 18.9 Å². The first-order valence-corrected chi connectivity index (χ1v) is 5.75. The van der Waals surface area contributed by atoms with Crippen molar-refractivity contribution in [3.63, 3.8) is 0 Å². The van der Waals surface area contributed by atoms with Crippen molar-refractivity contribution in [1.29, 1.82) is 0 Å². The zero-order valence-electron chi connectivity index (χ0n) is 9.94. The Morgan fingerprint density at radius 3 is 3.06 bits per heavy atom. The fourth-order valence-corrected chi connectivity index (χ4v) is 2.17. The number of hydrogen-bond acceptors (Lipinski definition) is 5. The minimum absolute atomic E-state index is 0.106. The maximum absolute atomic E-state index is 12.2. The molecule has 0 radical (unpaired) electrons. The van der Waals surface area contributed by atoms with E-state index in [1.807, 2.05) is 0 Å². The third-order valence-electron chi connectivity index (χ3n) is 3.18. The van der Waals surface area contributed by atoms with Crippen LogP contribution in [0.15, 0.2) is 18.3 Å². The van der Waals surface area contributed by atoms with Crippen LogP contribution in [-0.4, -0.2) is 54.6 Å². The summed E-state index contributed by atoms with van der Waals surface area (Å²) in [6, 6.07) is 3.39. The van der Waals surface area contributed by atoms with Gasteiger partial charge in [-0.2, -0.15) is 4.52 Å². The number of aliphatic hydroxyl groups is 1. The first-order chi connectivity index (χ1) is 8.55. The molecule has 1 N–H and O–H groups in total. The van der Waals surface area contributed by atoms with E-state index in [-0.39, 0.29) is 5.91 Å². The van der Waals surface area contributed by atoms with E-state index in [1.54, 1.807) is 30.2 Å². The van der Waals surface area contributed by atoms with E-state index >= 15 is 0 Å². The van der Waals surface area contributed by atoms with Crippen LogP contribution in [0.5, 0.6) is 0 Å². The Kier molecular flexibility index (Phi) is 2.30. The van der Waals surface area contributed by atoms with E-state index in [0.717, 1.165) is 0 Å².